The number of rotatable bonds is 6. The molecule has 1 rings (SSSR count). The first-order valence-electron chi connectivity index (χ1n) is 7.14. The molecule has 0 aromatic carbocycles. The zero-order valence-corrected chi connectivity index (χ0v) is 11.7. The molecule has 1 atom stereocenters. The van der Waals surface area contributed by atoms with Crippen LogP contribution in [0.25, 0.3) is 0 Å². The molecule has 0 aliphatic heterocycles. The highest BCUT2D eigenvalue weighted by atomic mass is 16.5. The number of carbonyl (C=O) groups is 1. The van der Waals surface area contributed by atoms with Gasteiger partial charge in [0.05, 0.1) is 12.7 Å². The van der Waals surface area contributed by atoms with Crippen molar-refractivity contribution in [3.05, 3.63) is 0 Å². The van der Waals surface area contributed by atoms with E-state index in [2.05, 4.69) is 0 Å². The van der Waals surface area contributed by atoms with Gasteiger partial charge in [-0.1, -0.05) is 25.7 Å². The smallest absolute Gasteiger partial charge is 0.325 e. The average molecular weight is 257 g/mol. The average Bonchev–Trinajstić information content (AvgIpc) is 2.58. The molecule has 4 heteroatoms. The second kappa shape index (κ2) is 7.74. The zero-order valence-electron chi connectivity index (χ0n) is 11.7. The van der Waals surface area contributed by atoms with E-state index in [0.29, 0.717) is 25.7 Å². The van der Waals surface area contributed by atoms with Gasteiger partial charge in [0.15, 0.2) is 0 Å². The predicted octanol–water partition coefficient (Wildman–Crippen LogP) is 2.40. The highest BCUT2D eigenvalue weighted by molar-refractivity contribution is 5.79. The summed E-state index contributed by atoms with van der Waals surface area (Å²) in [6.07, 6.45) is 8.29. The molecule has 0 aromatic heterocycles. The molecule has 18 heavy (non-hydrogen) atoms. The molecule has 1 aliphatic carbocycles. The lowest BCUT2D eigenvalue weighted by molar-refractivity contribution is -0.150. The first-order valence-corrected chi connectivity index (χ1v) is 7.14. The molecule has 1 aliphatic rings. The molecule has 0 saturated heterocycles. The highest BCUT2D eigenvalue weighted by Crippen LogP contribution is 2.20. The Kier molecular flexibility index (Phi) is 6.65. The molecule has 0 heterocycles. The van der Waals surface area contributed by atoms with Gasteiger partial charge in [0.2, 0.25) is 0 Å². The molecule has 0 bridgehead atoms. The van der Waals surface area contributed by atoms with E-state index < -0.39 is 5.54 Å². The van der Waals surface area contributed by atoms with Crippen molar-refractivity contribution in [3.8, 4) is 0 Å². The van der Waals surface area contributed by atoms with Gasteiger partial charge in [0, 0.05) is 6.61 Å². The van der Waals surface area contributed by atoms with Gasteiger partial charge in [-0.25, -0.2) is 0 Å². The normalized spacial score (nSPS) is 21.1. The van der Waals surface area contributed by atoms with Crippen molar-refractivity contribution in [2.45, 2.75) is 70.4 Å². The van der Waals surface area contributed by atoms with Crippen LogP contribution in [0.1, 0.15) is 58.8 Å². The van der Waals surface area contributed by atoms with E-state index in [1.165, 1.54) is 25.7 Å². The maximum absolute atomic E-state index is 11.6. The van der Waals surface area contributed by atoms with Gasteiger partial charge >= 0.3 is 5.97 Å². The largest absolute Gasteiger partial charge is 0.465 e. The lowest BCUT2D eigenvalue weighted by atomic mass is 10.0. The van der Waals surface area contributed by atoms with Gasteiger partial charge in [-0.3, -0.25) is 4.79 Å². The van der Waals surface area contributed by atoms with Crippen LogP contribution in [0.4, 0.5) is 0 Å². The Bertz CT molecular complexity index is 245. The maximum Gasteiger partial charge on any atom is 0.325 e. The van der Waals surface area contributed by atoms with Crippen molar-refractivity contribution in [1.29, 1.82) is 0 Å². The molecule has 4 nitrogen and oxygen atoms in total. The van der Waals surface area contributed by atoms with Gasteiger partial charge in [0.25, 0.3) is 0 Å². The van der Waals surface area contributed by atoms with E-state index in [1.807, 2.05) is 0 Å². The van der Waals surface area contributed by atoms with Crippen LogP contribution in [0.3, 0.4) is 0 Å². The third-order valence-electron chi connectivity index (χ3n) is 3.52. The maximum atomic E-state index is 11.6. The van der Waals surface area contributed by atoms with Crippen molar-refractivity contribution < 1.29 is 14.3 Å². The van der Waals surface area contributed by atoms with E-state index in [0.717, 1.165) is 12.8 Å². The summed E-state index contributed by atoms with van der Waals surface area (Å²) in [6.45, 7) is 4.41. The standard InChI is InChI=1S/C14H27NO3/c1-3-17-13(16)14(2,15)10-11-18-12-8-6-4-5-7-9-12/h12H,3-11,15H2,1-2H3. The van der Waals surface area contributed by atoms with Crippen molar-refractivity contribution in [2.75, 3.05) is 13.2 Å². The van der Waals surface area contributed by atoms with Crippen molar-refractivity contribution >= 4 is 5.97 Å². The monoisotopic (exact) mass is 257 g/mol. The molecule has 1 unspecified atom stereocenters. The van der Waals surface area contributed by atoms with Crippen LogP contribution in [-0.2, 0) is 14.3 Å². The molecule has 2 N–H and O–H groups in total. The van der Waals surface area contributed by atoms with Crippen LogP contribution in [0, 0.1) is 0 Å². The van der Waals surface area contributed by atoms with Crippen molar-refractivity contribution in [1.82, 2.24) is 0 Å². The summed E-state index contributed by atoms with van der Waals surface area (Å²) >= 11 is 0. The SMILES string of the molecule is CCOC(=O)C(C)(N)CCOC1CCCCCC1. The molecule has 0 spiro atoms. The lowest BCUT2D eigenvalue weighted by Crippen LogP contribution is -2.47. The van der Waals surface area contributed by atoms with Gasteiger partial charge in [-0.05, 0) is 33.1 Å². The molecular weight excluding hydrogens is 230 g/mol. The van der Waals surface area contributed by atoms with E-state index in [4.69, 9.17) is 15.2 Å². The molecule has 0 aromatic rings. The molecular formula is C14H27NO3. The molecule has 1 saturated carbocycles. The van der Waals surface area contributed by atoms with E-state index in [9.17, 15) is 4.79 Å². The second-order valence-corrected chi connectivity index (χ2v) is 5.37. The topological polar surface area (TPSA) is 61.5 Å². The number of esters is 1. The fourth-order valence-corrected chi connectivity index (χ4v) is 2.24. The van der Waals surface area contributed by atoms with Crippen LogP contribution in [0.5, 0.6) is 0 Å². The van der Waals surface area contributed by atoms with E-state index in [1.54, 1.807) is 13.8 Å². The van der Waals surface area contributed by atoms with Crippen LogP contribution in [-0.4, -0.2) is 30.8 Å². The zero-order chi connectivity index (χ0) is 13.4. The van der Waals surface area contributed by atoms with Gasteiger partial charge in [-0.2, -0.15) is 0 Å². The van der Waals surface area contributed by atoms with Crippen LogP contribution in [0.2, 0.25) is 0 Å². The number of hydrogen-bond acceptors (Lipinski definition) is 4. The number of ether oxygens (including phenoxy) is 2. The summed E-state index contributed by atoms with van der Waals surface area (Å²) in [5, 5.41) is 0. The minimum atomic E-state index is -0.930. The molecule has 0 amide bonds. The van der Waals surface area contributed by atoms with Crippen molar-refractivity contribution in [3.63, 3.8) is 0 Å². The Balaban J connectivity index is 2.24. The fourth-order valence-electron chi connectivity index (χ4n) is 2.24. The lowest BCUT2D eigenvalue weighted by Gasteiger charge is -2.23. The summed E-state index contributed by atoms with van der Waals surface area (Å²) in [5.74, 6) is -0.338. The van der Waals surface area contributed by atoms with Gasteiger partial charge in [-0.15, -0.1) is 0 Å². The summed E-state index contributed by atoms with van der Waals surface area (Å²) in [4.78, 5) is 11.6. The Labute approximate surface area is 110 Å². The summed E-state index contributed by atoms with van der Waals surface area (Å²) in [6, 6.07) is 0. The summed E-state index contributed by atoms with van der Waals surface area (Å²) < 4.78 is 10.8. The Morgan fingerprint density at radius 1 is 1.28 bits per heavy atom. The molecule has 106 valence electrons. The summed E-state index contributed by atoms with van der Waals surface area (Å²) in [7, 11) is 0. The third-order valence-corrected chi connectivity index (χ3v) is 3.52. The molecule has 0 radical (unpaired) electrons. The minimum Gasteiger partial charge on any atom is -0.465 e. The Morgan fingerprint density at radius 2 is 1.89 bits per heavy atom. The fraction of sp³-hybridized carbons (Fsp3) is 0.929. The van der Waals surface area contributed by atoms with Gasteiger partial charge in [0.1, 0.15) is 5.54 Å². The van der Waals surface area contributed by atoms with E-state index >= 15 is 0 Å². The van der Waals surface area contributed by atoms with E-state index in [-0.39, 0.29) is 5.97 Å². The van der Waals surface area contributed by atoms with Gasteiger partial charge < -0.3 is 15.2 Å². The highest BCUT2D eigenvalue weighted by Gasteiger charge is 2.29. The first-order chi connectivity index (χ1) is 8.56. The Hall–Kier alpha value is -0.610. The minimum absolute atomic E-state index is 0.338. The third kappa shape index (κ3) is 5.36. The van der Waals surface area contributed by atoms with Crippen LogP contribution in [0.15, 0.2) is 0 Å². The Morgan fingerprint density at radius 3 is 2.44 bits per heavy atom. The van der Waals surface area contributed by atoms with Crippen LogP contribution < -0.4 is 5.73 Å². The van der Waals surface area contributed by atoms with Crippen molar-refractivity contribution in [2.24, 2.45) is 5.73 Å². The first kappa shape index (κ1) is 15.4. The number of hydrogen-bond donors (Lipinski definition) is 1. The second-order valence-electron chi connectivity index (χ2n) is 5.37. The quantitative estimate of drug-likeness (QED) is 0.586. The number of nitrogens with two attached hydrogens (primary N) is 1. The predicted molar refractivity (Wildman–Crippen MR) is 71.3 cm³/mol. The number of carbonyl (C=O) groups excluding carboxylic acids is 1. The molecule has 1 fully saturated rings. The summed E-state index contributed by atoms with van der Waals surface area (Å²) in [5.41, 5.74) is 5.01. The van der Waals surface area contributed by atoms with Crippen LogP contribution >= 0.6 is 0 Å².